The Bertz CT molecular complexity index is 243. The largest absolute Gasteiger partial charge is 0.376 e. The third kappa shape index (κ3) is 3.76. The molecule has 0 bridgehead atoms. The molecule has 1 heterocycles. The van der Waals surface area contributed by atoms with E-state index in [9.17, 15) is 4.79 Å². The zero-order valence-corrected chi connectivity index (χ0v) is 10.6. The van der Waals surface area contributed by atoms with Gasteiger partial charge in [0.1, 0.15) is 0 Å². The van der Waals surface area contributed by atoms with Gasteiger partial charge in [-0.1, -0.05) is 0 Å². The molecule has 0 spiro atoms. The molecule has 3 N–H and O–H groups in total. The number of ether oxygens (including phenoxy) is 1. The third-order valence-corrected chi connectivity index (χ3v) is 3.37. The molecule has 1 rings (SSSR count). The number of rotatable bonds is 5. The molecule has 1 aliphatic rings. The van der Waals surface area contributed by atoms with Crippen LogP contribution in [0.3, 0.4) is 0 Å². The summed E-state index contributed by atoms with van der Waals surface area (Å²) >= 11 is 0. The molecule has 0 radical (unpaired) electrons. The van der Waals surface area contributed by atoms with Crippen LogP contribution in [0.1, 0.15) is 46.5 Å². The molecule has 94 valence electrons. The molecule has 0 aromatic heterocycles. The Morgan fingerprint density at radius 3 is 2.88 bits per heavy atom. The van der Waals surface area contributed by atoms with Crippen molar-refractivity contribution in [3.05, 3.63) is 0 Å². The molecule has 1 amide bonds. The van der Waals surface area contributed by atoms with Crippen molar-refractivity contribution in [3.63, 3.8) is 0 Å². The number of nitrogens with one attached hydrogen (secondary N) is 1. The highest BCUT2D eigenvalue weighted by Gasteiger charge is 2.37. The lowest BCUT2D eigenvalue weighted by Gasteiger charge is -2.28. The van der Waals surface area contributed by atoms with Gasteiger partial charge in [-0.25, -0.2) is 0 Å². The van der Waals surface area contributed by atoms with Crippen LogP contribution in [0.25, 0.3) is 0 Å². The average molecular weight is 228 g/mol. The Hall–Kier alpha value is -0.610. The van der Waals surface area contributed by atoms with Gasteiger partial charge in [-0.15, -0.1) is 0 Å². The maximum Gasteiger partial charge on any atom is 0.220 e. The summed E-state index contributed by atoms with van der Waals surface area (Å²) in [6, 6.07) is 0.178. The molecule has 0 aromatic carbocycles. The van der Waals surface area contributed by atoms with Crippen molar-refractivity contribution in [2.45, 2.75) is 64.1 Å². The Labute approximate surface area is 97.9 Å². The van der Waals surface area contributed by atoms with Crippen LogP contribution in [0, 0.1) is 0 Å². The summed E-state index contributed by atoms with van der Waals surface area (Å²) in [4.78, 5) is 11.7. The molecule has 4 heteroatoms. The maximum atomic E-state index is 11.7. The minimum absolute atomic E-state index is 0.102. The fourth-order valence-corrected chi connectivity index (χ4v) is 1.96. The second-order valence-electron chi connectivity index (χ2n) is 5.10. The van der Waals surface area contributed by atoms with E-state index in [1.807, 2.05) is 20.8 Å². The fraction of sp³-hybridized carbons (Fsp3) is 0.917. The van der Waals surface area contributed by atoms with E-state index in [-0.39, 0.29) is 23.6 Å². The van der Waals surface area contributed by atoms with Crippen molar-refractivity contribution in [1.82, 2.24) is 5.32 Å². The number of nitrogens with two attached hydrogens (primary N) is 1. The number of amides is 1. The Balaban J connectivity index is 2.28. The van der Waals surface area contributed by atoms with Crippen molar-refractivity contribution < 1.29 is 9.53 Å². The standard InChI is InChI=1S/C12H24N2O2/c1-9(13)5-4-6-11(15)14-12(3)7-8-16-10(12)2/h9-10H,4-8,13H2,1-3H3,(H,14,15). The van der Waals surface area contributed by atoms with Gasteiger partial charge in [-0.3, -0.25) is 4.79 Å². The zero-order chi connectivity index (χ0) is 12.2. The van der Waals surface area contributed by atoms with Gasteiger partial charge in [0.15, 0.2) is 0 Å². The molecule has 16 heavy (non-hydrogen) atoms. The van der Waals surface area contributed by atoms with Gasteiger partial charge in [0.05, 0.1) is 11.6 Å². The van der Waals surface area contributed by atoms with Crippen molar-refractivity contribution in [3.8, 4) is 0 Å². The lowest BCUT2D eigenvalue weighted by Crippen LogP contribution is -2.50. The first-order valence-corrected chi connectivity index (χ1v) is 6.12. The van der Waals surface area contributed by atoms with Gasteiger partial charge in [0.25, 0.3) is 0 Å². The minimum atomic E-state index is -0.189. The van der Waals surface area contributed by atoms with Crippen LogP contribution in [0.4, 0.5) is 0 Å². The van der Waals surface area contributed by atoms with E-state index in [4.69, 9.17) is 10.5 Å². The Kier molecular flexibility index (Phi) is 4.74. The quantitative estimate of drug-likeness (QED) is 0.743. The van der Waals surface area contributed by atoms with Crippen molar-refractivity contribution in [1.29, 1.82) is 0 Å². The summed E-state index contributed by atoms with van der Waals surface area (Å²) in [7, 11) is 0. The second kappa shape index (κ2) is 5.64. The van der Waals surface area contributed by atoms with Crippen LogP contribution in [0.5, 0.6) is 0 Å². The molecule has 1 saturated heterocycles. The van der Waals surface area contributed by atoms with E-state index in [2.05, 4.69) is 5.32 Å². The van der Waals surface area contributed by atoms with Crippen molar-refractivity contribution >= 4 is 5.91 Å². The first-order valence-electron chi connectivity index (χ1n) is 6.12. The molecule has 1 fully saturated rings. The first kappa shape index (κ1) is 13.5. The SMILES string of the molecule is CC(N)CCCC(=O)NC1(C)CCOC1C. The predicted molar refractivity (Wildman–Crippen MR) is 64.1 cm³/mol. The number of hydrogen-bond acceptors (Lipinski definition) is 3. The normalized spacial score (nSPS) is 31.4. The van der Waals surface area contributed by atoms with E-state index < -0.39 is 0 Å². The molecular formula is C12H24N2O2. The first-order chi connectivity index (χ1) is 7.44. The summed E-state index contributed by atoms with van der Waals surface area (Å²) in [5.74, 6) is 0.112. The van der Waals surface area contributed by atoms with E-state index in [1.54, 1.807) is 0 Å². The molecule has 0 saturated carbocycles. The van der Waals surface area contributed by atoms with Gasteiger partial charge >= 0.3 is 0 Å². The van der Waals surface area contributed by atoms with E-state index in [1.165, 1.54) is 0 Å². The fourth-order valence-electron chi connectivity index (χ4n) is 1.96. The van der Waals surface area contributed by atoms with Crippen LogP contribution < -0.4 is 11.1 Å². The summed E-state index contributed by atoms with van der Waals surface area (Å²) in [6.07, 6.45) is 3.31. The van der Waals surface area contributed by atoms with Crippen LogP contribution in [0.2, 0.25) is 0 Å². The highest BCUT2D eigenvalue weighted by molar-refractivity contribution is 5.76. The number of carbonyl (C=O) groups excluding carboxylic acids is 1. The minimum Gasteiger partial charge on any atom is -0.376 e. The second-order valence-corrected chi connectivity index (χ2v) is 5.10. The molecular weight excluding hydrogens is 204 g/mol. The lowest BCUT2D eigenvalue weighted by molar-refractivity contribution is -0.123. The van der Waals surface area contributed by atoms with Crippen LogP contribution in [0.15, 0.2) is 0 Å². The predicted octanol–water partition coefficient (Wildman–Crippen LogP) is 1.19. The van der Waals surface area contributed by atoms with Gasteiger partial charge in [-0.2, -0.15) is 0 Å². The van der Waals surface area contributed by atoms with Crippen LogP contribution >= 0.6 is 0 Å². The van der Waals surface area contributed by atoms with Crippen LogP contribution in [-0.2, 0) is 9.53 Å². The summed E-state index contributed by atoms with van der Waals surface area (Å²) in [5.41, 5.74) is 5.45. The van der Waals surface area contributed by atoms with Gasteiger partial charge in [-0.05, 0) is 40.0 Å². The molecule has 1 aliphatic heterocycles. The smallest absolute Gasteiger partial charge is 0.220 e. The Morgan fingerprint density at radius 2 is 2.38 bits per heavy atom. The average Bonchev–Trinajstić information content (AvgIpc) is 2.46. The Morgan fingerprint density at radius 1 is 1.69 bits per heavy atom. The van der Waals surface area contributed by atoms with Gasteiger partial charge < -0.3 is 15.8 Å². The van der Waals surface area contributed by atoms with Crippen molar-refractivity contribution in [2.75, 3.05) is 6.61 Å². The van der Waals surface area contributed by atoms with E-state index >= 15 is 0 Å². The summed E-state index contributed by atoms with van der Waals surface area (Å²) in [6.45, 7) is 6.76. The molecule has 3 atom stereocenters. The van der Waals surface area contributed by atoms with Crippen molar-refractivity contribution in [2.24, 2.45) is 5.73 Å². The molecule has 0 aliphatic carbocycles. The molecule has 4 nitrogen and oxygen atoms in total. The third-order valence-electron chi connectivity index (χ3n) is 3.37. The van der Waals surface area contributed by atoms with E-state index in [0.29, 0.717) is 6.42 Å². The highest BCUT2D eigenvalue weighted by atomic mass is 16.5. The lowest BCUT2D eigenvalue weighted by atomic mass is 9.94. The molecule has 0 aromatic rings. The van der Waals surface area contributed by atoms with Gasteiger partial charge in [0, 0.05) is 19.1 Å². The highest BCUT2D eigenvalue weighted by Crippen LogP contribution is 2.25. The summed E-state index contributed by atoms with van der Waals surface area (Å²) in [5, 5.41) is 3.07. The van der Waals surface area contributed by atoms with E-state index in [0.717, 1.165) is 25.9 Å². The van der Waals surface area contributed by atoms with Gasteiger partial charge in [0.2, 0.25) is 5.91 Å². The molecule has 3 unspecified atom stereocenters. The monoisotopic (exact) mass is 228 g/mol. The number of hydrogen-bond donors (Lipinski definition) is 2. The topological polar surface area (TPSA) is 64.4 Å². The number of carbonyl (C=O) groups is 1. The summed E-state index contributed by atoms with van der Waals surface area (Å²) < 4.78 is 5.48. The van der Waals surface area contributed by atoms with Crippen LogP contribution in [-0.4, -0.2) is 30.2 Å². The zero-order valence-electron chi connectivity index (χ0n) is 10.6. The maximum absolute atomic E-state index is 11.7.